The van der Waals surface area contributed by atoms with Crippen molar-refractivity contribution in [2.24, 2.45) is 11.1 Å². The van der Waals surface area contributed by atoms with Gasteiger partial charge in [0.15, 0.2) is 5.78 Å². The SMILES string of the molecule is NC(=O)c1ccc(C(=O)C2N(c3ccc(OC(F)(F)F)cc3)CCC23CCN(C(=O)O)CC3)cc1. The second kappa shape index (κ2) is 9.12. The first-order valence-electron chi connectivity index (χ1n) is 11.0. The number of anilines is 1. The summed E-state index contributed by atoms with van der Waals surface area (Å²) in [4.78, 5) is 39.8. The van der Waals surface area contributed by atoms with E-state index < -0.39 is 29.8 Å². The molecule has 186 valence electrons. The number of carbonyl (C=O) groups excluding carboxylic acids is 2. The van der Waals surface area contributed by atoms with Gasteiger partial charge in [0, 0.05) is 41.9 Å². The molecule has 0 aromatic heterocycles. The van der Waals surface area contributed by atoms with Crippen LogP contribution in [-0.2, 0) is 0 Å². The average Bonchev–Trinajstić information content (AvgIpc) is 3.16. The normalized spacial score (nSPS) is 19.6. The standard InChI is InChI=1S/C24H24F3N3O5/c25-24(26,27)35-18-7-5-17(6-8-18)30-14-11-23(9-12-29(13-10-23)22(33)34)20(30)19(31)15-1-3-16(4-2-15)21(28)32/h1-8,20H,9-14H2,(H2,28,32)(H,33,34). The number of amides is 2. The number of nitrogens with two attached hydrogens (primary N) is 1. The summed E-state index contributed by atoms with van der Waals surface area (Å²) in [5.74, 6) is -1.20. The van der Waals surface area contributed by atoms with E-state index in [1.807, 2.05) is 4.90 Å². The Balaban J connectivity index is 1.66. The Morgan fingerprint density at radius 1 is 0.914 bits per heavy atom. The van der Waals surface area contributed by atoms with E-state index in [0.717, 1.165) is 0 Å². The number of rotatable bonds is 5. The molecule has 35 heavy (non-hydrogen) atoms. The summed E-state index contributed by atoms with van der Waals surface area (Å²) in [5, 5.41) is 9.35. The molecule has 2 aliphatic heterocycles. The highest BCUT2D eigenvalue weighted by atomic mass is 19.4. The van der Waals surface area contributed by atoms with Gasteiger partial charge in [0.25, 0.3) is 0 Å². The van der Waals surface area contributed by atoms with E-state index in [9.17, 15) is 32.7 Å². The molecule has 2 amide bonds. The zero-order valence-electron chi connectivity index (χ0n) is 18.6. The molecule has 4 rings (SSSR count). The number of carboxylic acid groups (broad SMARTS) is 1. The Kier molecular flexibility index (Phi) is 6.35. The van der Waals surface area contributed by atoms with E-state index in [1.165, 1.54) is 53.4 Å². The molecule has 0 aliphatic carbocycles. The summed E-state index contributed by atoms with van der Waals surface area (Å²) in [5.41, 5.74) is 5.97. The molecule has 1 atom stereocenters. The molecule has 2 saturated heterocycles. The first-order chi connectivity index (χ1) is 16.5. The molecule has 0 radical (unpaired) electrons. The maximum absolute atomic E-state index is 13.8. The third-order valence-electron chi connectivity index (χ3n) is 6.88. The number of carbonyl (C=O) groups is 3. The van der Waals surface area contributed by atoms with Crippen LogP contribution in [0.3, 0.4) is 0 Å². The summed E-state index contributed by atoms with van der Waals surface area (Å²) in [7, 11) is 0. The zero-order chi connectivity index (χ0) is 25.4. The molecule has 3 N–H and O–H groups in total. The fraction of sp³-hybridized carbons (Fsp3) is 0.375. The molecule has 2 heterocycles. The maximum Gasteiger partial charge on any atom is 0.573 e. The Labute approximate surface area is 199 Å². The number of primary amides is 1. The summed E-state index contributed by atoms with van der Waals surface area (Å²) < 4.78 is 41.6. The summed E-state index contributed by atoms with van der Waals surface area (Å²) in [6.45, 7) is 1.04. The van der Waals surface area contributed by atoms with Crippen LogP contribution < -0.4 is 15.4 Å². The van der Waals surface area contributed by atoms with Gasteiger partial charge < -0.3 is 25.4 Å². The minimum Gasteiger partial charge on any atom is -0.465 e. The Bertz CT molecular complexity index is 1110. The van der Waals surface area contributed by atoms with Crippen molar-refractivity contribution in [2.45, 2.75) is 31.7 Å². The molecule has 2 aromatic carbocycles. The minimum atomic E-state index is -4.81. The predicted molar refractivity (Wildman–Crippen MR) is 119 cm³/mol. The highest BCUT2D eigenvalue weighted by Crippen LogP contribution is 2.48. The zero-order valence-corrected chi connectivity index (χ0v) is 18.6. The van der Waals surface area contributed by atoms with Gasteiger partial charge in [-0.2, -0.15) is 0 Å². The van der Waals surface area contributed by atoms with Gasteiger partial charge in [-0.05, 0) is 55.7 Å². The molecule has 2 fully saturated rings. The van der Waals surface area contributed by atoms with Crippen molar-refractivity contribution in [1.82, 2.24) is 4.90 Å². The number of piperidine rings is 1. The highest BCUT2D eigenvalue weighted by Gasteiger charge is 2.52. The molecule has 1 unspecified atom stereocenters. The fourth-order valence-corrected chi connectivity index (χ4v) is 5.10. The summed E-state index contributed by atoms with van der Waals surface area (Å²) >= 11 is 0. The van der Waals surface area contributed by atoms with Gasteiger partial charge in [0.2, 0.25) is 5.91 Å². The topological polar surface area (TPSA) is 113 Å². The predicted octanol–water partition coefficient (Wildman–Crippen LogP) is 3.91. The van der Waals surface area contributed by atoms with Gasteiger partial charge >= 0.3 is 12.5 Å². The van der Waals surface area contributed by atoms with Crippen LogP contribution in [0.5, 0.6) is 5.75 Å². The second-order valence-corrected chi connectivity index (χ2v) is 8.83. The van der Waals surface area contributed by atoms with Crippen LogP contribution in [0.2, 0.25) is 0 Å². The molecule has 11 heteroatoms. The van der Waals surface area contributed by atoms with E-state index in [0.29, 0.717) is 37.1 Å². The quantitative estimate of drug-likeness (QED) is 0.614. The number of likely N-dealkylation sites (tertiary alicyclic amines) is 1. The molecule has 0 bridgehead atoms. The van der Waals surface area contributed by atoms with Crippen LogP contribution in [0.1, 0.15) is 40.0 Å². The molecule has 2 aliphatic rings. The van der Waals surface area contributed by atoms with Crippen molar-refractivity contribution in [3.8, 4) is 5.75 Å². The molecule has 2 aromatic rings. The maximum atomic E-state index is 13.8. The molecule has 1 spiro atoms. The molecular formula is C24H24F3N3O5. The van der Waals surface area contributed by atoms with Gasteiger partial charge in [-0.1, -0.05) is 12.1 Å². The lowest BCUT2D eigenvalue weighted by Gasteiger charge is -2.43. The molecule has 0 saturated carbocycles. The number of Topliss-reactive ketones (excluding diaryl/α,β-unsaturated/α-hetero) is 1. The second-order valence-electron chi connectivity index (χ2n) is 8.83. The summed E-state index contributed by atoms with van der Waals surface area (Å²) in [6.07, 6.45) is -4.26. The van der Waals surface area contributed by atoms with Crippen molar-refractivity contribution in [1.29, 1.82) is 0 Å². The lowest BCUT2D eigenvalue weighted by Crippen LogP contribution is -2.52. The van der Waals surface area contributed by atoms with Crippen LogP contribution in [0, 0.1) is 5.41 Å². The third-order valence-corrected chi connectivity index (χ3v) is 6.88. The summed E-state index contributed by atoms with van der Waals surface area (Å²) in [6, 6.07) is 10.7. The van der Waals surface area contributed by atoms with Crippen LogP contribution in [0.15, 0.2) is 48.5 Å². The number of ether oxygens (including phenoxy) is 1. The molecule has 8 nitrogen and oxygen atoms in total. The van der Waals surface area contributed by atoms with Gasteiger partial charge in [0.1, 0.15) is 5.75 Å². The number of benzene rings is 2. The van der Waals surface area contributed by atoms with Gasteiger partial charge in [-0.15, -0.1) is 13.2 Å². The number of ketones is 1. The van der Waals surface area contributed by atoms with E-state index in [-0.39, 0.29) is 30.2 Å². The number of alkyl halides is 3. The Hall–Kier alpha value is -3.76. The number of halogens is 3. The van der Waals surface area contributed by atoms with Crippen LogP contribution in [0.4, 0.5) is 23.7 Å². The van der Waals surface area contributed by atoms with Gasteiger partial charge in [-0.3, -0.25) is 9.59 Å². The Morgan fingerprint density at radius 3 is 1.97 bits per heavy atom. The van der Waals surface area contributed by atoms with Crippen molar-refractivity contribution in [3.63, 3.8) is 0 Å². The van der Waals surface area contributed by atoms with Gasteiger partial charge in [-0.25, -0.2) is 4.79 Å². The lowest BCUT2D eigenvalue weighted by atomic mass is 9.70. The Morgan fingerprint density at radius 2 is 1.46 bits per heavy atom. The van der Waals surface area contributed by atoms with Crippen molar-refractivity contribution < 1.29 is 37.4 Å². The van der Waals surface area contributed by atoms with Crippen LogP contribution in [0.25, 0.3) is 0 Å². The van der Waals surface area contributed by atoms with E-state index >= 15 is 0 Å². The van der Waals surface area contributed by atoms with Crippen LogP contribution >= 0.6 is 0 Å². The largest absolute Gasteiger partial charge is 0.573 e. The van der Waals surface area contributed by atoms with Crippen LogP contribution in [-0.4, -0.2) is 59.8 Å². The van der Waals surface area contributed by atoms with Crippen molar-refractivity contribution in [2.75, 3.05) is 24.5 Å². The van der Waals surface area contributed by atoms with E-state index in [2.05, 4.69) is 4.74 Å². The smallest absolute Gasteiger partial charge is 0.465 e. The molecular weight excluding hydrogens is 467 g/mol. The van der Waals surface area contributed by atoms with E-state index in [4.69, 9.17) is 5.73 Å². The minimum absolute atomic E-state index is 0.210. The monoisotopic (exact) mass is 491 g/mol. The van der Waals surface area contributed by atoms with Gasteiger partial charge in [0.05, 0.1) is 6.04 Å². The van der Waals surface area contributed by atoms with Crippen molar-refractivity contribution in [3.05, 3.63) is 59.7 Å². The van der Waals surface area contributed by atoms with Crippen molar-refractivity contribution >= 4 is 23.5 Å². The third kappa shape index (κ3) is 5.03. The first-order valence-corrected chi connectivity index (χ1v) is 11.0. The number of hydrogen-bond donors (Lipinski definition) is 2. The number of nitrogens with zero attached hydrogens (tertiary/aromatic N) is 2. The van der Waals surface area contributed by atoms with E-state index in [1.54, 1.807) is 0 Å². The number of hydrogen-bond acceptors (Lipinski definition) is 5. The fourth-order valence-electron chi connectivity index (χ4n) is 5.10. The average molecular weight is 491 g/mol. The first kappa shape index (κ1) is 24.4. The highest BCUT2D eigenvalue weighted by molar-refractivity contribution is 6.04. The lowest BCUT2D eigenvalue weighted by molar-refractivity contribution is -0.274.